The molecule has 2 aromatic rings. The monoisotopic (exact) mass is 162 g/mol. The second-order valence-corrected chi connectivity index (χ2v) is 2.10. The Balaban J connectivity index is 0.000000720. The summed E-state index contributed by atoms with van der Waals surface area (Å²) in [5.74, 6) is 0.630. The molecular weight excluding hydrogens is 152 g/mol. The maximum absolute atomic E-state index is 3.84. The van der Waals surface area contributed by atoms with Crippen LogP contribution in [0.1, 0.15) is 7.43 Å². The van der Waals surface area contributed by atoms with Crippen LogP contribution in [0.2, 0.25) is 0 Å². The first-order valence-electron chi connectivity index (χ1n) is 3.26. The lowest BCUT2D eigenvalue weighted by molar-refractivity contribution is 0.881. The van der Waals surface area contributed by atoms with Gasteiger partial charge in [-0.3, -0.25) is 0 Å². The zero-order valence-corrected chi connectivity index (χ0v) is 5.73. The normalized spacial score (nSPS) is 9.00. The Morgan fingerprint density at radius 3 is 2.42 bits per heavy atom. The molecule has 1 N–H and O–H groups in total. The molecule has 0 fully saturated rings. The Hall–Kier alpha value is -1.71. The van der Waals surface area contributed by atoms with Crippen molar-refractivity contribution in [1.82, 2.24) is 20.6 Å². The number of tetrazole rings is 1. The van der Waals surface area contributed by atoms with Crippen LogP contribution in [0.4, 0.5) is 0 Å². The highest BCUT2D eigenvalue weighted by Gasteiger charge is 1.98. The third-order valence-corrected chi connectivity index (χ3v) is 1.38. The van der Waals surface area contributed by atoms with Gasteiger partial charge in [0.05, 0.1) is 0 Å². The molecule has 0 aliphatic heterocycles. The van der Waals surface area contributed by atoms with Crippen LogP contribution in [0, 0.1) is 0 Å². The summed E-state index contributed by atoms with van der Waals surface area (Å²) in [4.78, 5) is 0. The number of rotatable bonds is 1. The van der Waals surface area contributed by atoms with Crippen molar-refractivity contribution < 1.29 is 0 Å². The number of H-pyrrole nitrogens is 1. The summed E-state index contributed by atoms with van der Waals surface area (Å²) in [7, 11) is 0. The first-order chi connectivity index (χ1) is 5.47. The lowest BCUT2D eigenvalue weighted by Gasteiger charge is -1.89. The van der Waals surface area contributed by atoms with Gasteiger partial charge in [-0.15, -0.1) is 10.2 Å². The van der Waals surface area contributed by atoms with E-state index in [0.717, 1.165) is 5.56 Å². The minimum atomic E-state index is 0. The number of aromatic amines is 1. The van der Waals surface area contributed by atoms with E-state index in [2.05, 4.69) is 20.6 Å². The summed E-state index contributed by atoms with van der Waals surface area (Å²) in [5, 5.41) is 13.5. The van der Waals surface area contributed by atoms with Crippen LogP contribution in [0.25, 0.3) is 11.4 Å². The lowest BCUT2D eigenvalue weighted by atomic mass is 10.2. The molecule has 0 radical (unpaired) electrons. The molecule has 12 heavy (non-hydrogen) atoms. The van der Waals surface area contributed by atoms with Crippen molar-refractivity contribution >= 4 is 0 Å². The fraction of sp³-hybridized carbons (Fsp3) is 0.125. The van der Waals surface area contributed by atoms with Gasteiger partial charge in [-0.2, -0.15) is 5.21 Å². The molecule has 2 rings (SSSR count). The van der Waals surface area contributed by atoms with Crippen LogP contribution in [0.5, 0.6) is 0 Å². The number of nitrogens with one attached hydrogen (secondary N) is 1. The van der Waals surface area contributed by atoms with Gasteiger partial charge in [-0.1, -0.05) is 37.8 Å². The average Bonchev–Trinajstić information content (AvgIpc) is 2.58. The molecule has 0 spiro atoms. The standard InChI is InChI=1S/C7H6N4.CH4/c1-2-4-6(5-3-1)7-8-10-11-9-7;/h1-5H,(H,8,9,10,11);1H4. The predicted octanol–water partition coefficient (Wildman–Crippen LogP) is 1.50. The minimum Gasteiger partial charge on any atom is -0.177 e. The van der Waals surface area contributed by atoms with E-state index < -0.39 is 0 Å². The molecule has 0 bridgehead atoms. The van der Waals surface area contributed by atoms with Gasteiger partial charge in [0.2, 0.25) is 5.82 Å². The maximum atomic E-state index is 3.84. The van der Waals surface area contributed by atoms with Crippen LogP contribution in [0.3, 0.4) is 0 Å². The quantitative estimate of drug-likeness (QED) is 0.691. The number of nitrogens with zero attached hydrogens (tertiary/aromatic N) is 3. The van der Waals surface area contributed by atoms with Crippen LogP contribution in [0.15, 0.2) is 30.3 Å². The fourth-order valence-corrected chi connectivity index (χ4v) is 0.871. The first-order valence-corrected chi connectivity index (χ1v) is 3.26. The molecular formula is C8H10N4. The number of hydrogen-bond donors (Lipinski definition) is 1. The molecule has 1 aromatic heterocycles. The summed E-state index contributed by atoms with van der Waals surface area (Å²) in [6.07, 6.45) is 0. The van der Waals surface area contributed by atoms with E-state index in [4.69, 9.17) is 0 Å². The Morgan fingerprint density at radius 1 is 1.08 bits per heavy atom. The summed E-state index contributed by atoms with van der Waals surface area (Å²) >= 11 is 0. The fourth-order valence-electron chi connectivity index (χ4n) is 0.871. The molecule has 1 heterocycles. The van der Waals surface area contributed by atoms with E-state index in [-0.39, 0.29) is 7.43 Å². The number of benzene rings is 1. The van der Waals surface area contributed by atoms with Crippen LogP contribution >= 0.6 is 0 Å². The van der Waals surface area contributed by atoms with Crippen molar-refractivity contribution in [2.75, 3.05) is 0 Å². The molecule has 0 amide bonds. The van der Waals surface area contributed by atoms with Crippen molar-refractivity contribution in [3.05, 3.63) is 30.3 Å². The maximum Gasteiger partial charge on any atom is 0.204 e. The molecule has 1 aromatic carbocycles. The molecule has 4 nitrogen and oxygen atoms in total. The van der Waals surface area contributed by atoms with Crippen molar-refractivity contribution in [1.29, 1.82) is 0 Å². The average molecular weight is 162 g/mol. The highest BCUT2D eigenvalue weighted by atomic mass is 15.5. The topological polar surface area (TPSA) is 54.5 Å². The Morgan fingerprint density at radius 2 is 1.83 bits per heavy atom. The largest absolute Gasteiger partial charge is 0.204 e. The molecule has 0 saturated carbocycles. The van der Waals surface area contributed by atoms with Crippen LogP contribution in [-0.4, -0.2) is 20.6 Å². The van der Waals surface area contributed by atoms with E-state index in [1.54, 1.807) is 0 Å². The van der Waals surface area contributed by atoms with Gasteiger partial charge >= 0.3 is 0 Å². The van der Waals surface area contributed by atoms with Crippen molar-refractivity contribution in [3.8, 4) is 11.4 Å². The summed E-state index contributed by atoms with van der Waals surface area (Å²) in [6, 6.07) is 9.69. The van der Waals surface area contributed by atoms with Crippen LogP contribution < -0.4 is 0 Å². The molecule has 0 aliphatic rings. The minimum absolute atomic E-state index is 0. The van der Waals surface area contributed by atoms with E-state index in [0.29, 0.717) is 5.82 Å². The second-order valence-electron chi connectivity index (χ2n) is 2.10. The Bertz CT molecular complexity index is 314. The van der Waals surface area contributed by atoms with Gasteiger partial charge in [0.15, 0.2) is 0 Å². The van der Waals surface area contributed by atoms with Crippen molar-refractivity contribution in [2.24, 2.45) is 0 Å². The highest BCUT2D eigenvalue weighted by molar-refractivity contribution is 5.52. The summed E-state index contributed by atoms with van der Waals surface area (Å²) < 4.78 is 0. The van der Waals surface area contributed by atoms with E-state index >= 15 is 0 Å². The van der Waals surface area contributed by atoms with Gasteiger partial charge < -0.3 is 0 Å². The number of hydrogen-bond acceptors (Lipinski definition) is 3. The van der Waals surface area contributed by atoms with Crippen molar-refractivity contribution in [3.63, 3.8) is 0 Å². The Labute approximate surface area is 70.6 Å². The van der Waals surface area contributed by atoms with Gasteiger partial charge in [0.25, 0.3) is 0 Å². The predicted molar refractivity (Wildman–Crippen MR) is 46.3 cm³/mol. The van der Waals surface area contributed by atoms with Gasteiger partial charge in [-0.25, -0.2) is 0 Å². The van der Waals surface area contributed by atoms with E-state index in [1.807, 2.05) is 30.3 Å². The smallest absolute Gasteiger partial charge is 0.177 e. The van der Waals surface area contributed by atoms with Gasteiger partial charge in [0.1, 0.15) is 0 Å². The lowest BCUT2D eigenvalue weighted by Crippen LogP contribution is -1.78. The molecule has 4 heteroatoms. The summed E-state index contributed by atoms with van der Waals surface area (Å²) in [6.45, 7) is 0. The second kappa shape index (κ2) is 3.61. The third-order valence-electron chi connectivity index (χ3n) is 1.38. The molecule has 0 aliphatic carbocycles. The molecule has 62 valence electrons. The van der Waals surface area contributed by atoms with E-state index in [9.17, 15) is 0 Å². The molecule has 0 saturated heterocycles. The first kappa shape index (κ1) is 8.39. The van der Waals surface area contributed by atoms with Crippen molar-refractivity contribution in [2.45, 2.75) is 7.43 Å². The van der Waals surface area contributed by atoms with Crippen LogP contribution in [-0.2, 0) is 0 Å². The van der Waals surface area contributed by atoms with Gasteiger partial charge in [-0.05, 0) is 5.21 Å². The molecule has 0 unspecified atom stereocenters. The number of aromatic nitrogens is 4. The summed E-state index contributed by atoms with van der Waals surface area (Å²) in [5.41, 5.74) is 0.973. The SMILES string of the molecule is C.c1ccc(-c2nn[nH]n2)cc1. The van der Waals surface area contributed by atoms with Gasteiger partial charge in [0, 0.05) is 5.56 Å². The Kier molecular flexibility index (Phi) is 2.53. The zero-order chi connectivity index (χ0) is 7.52. The molecule has 0 atom stereocenters. The highest BCUT2D eigenvalue weighted by Crippen LogP contribution is 2.10. The van der Waals surface area contributed by atoms with E-state index in [1.165, 1.54) is 0 Å². The third kappa shape index (κ3) is 1.47. The zero-order valence-electron chi connectivity index (χ0n) is 5.73.